The van der Waals surface area contributed by atoms with E-state index in [2.05, 4.69) is 22.0 Å². The Morgan fingerprint density at radius 1 is 1.24 bits per heavy atom. The van der Waals surface area contributed by atoms with Crippen LogP contribution in [-0.2, 0) is 4.74 Å². The molecule has 1 aromatic carbocycles. The van der Waals surface area contributed by atoms with Gasteiger partial charge in [-0.15, -0.1) is 0 Å². The standard InChI is InChI=1S/C20H25N3O2/c1-15-9-10-17(13-21-15)20(24)23-11-12-25-18(14-22(2)3)19(23)16-7-5-4-6-8-16/h4-10,13,18-19H,11-12,14H2,1-3H3/t18-,19-/m0/s1. The van der Waals surface area contributed by atoms with Crippen LogP contribution < -0.4 is 0 Å². The number of morpholine rings is 1. The second-order valence-electron chi connectivity index (χ2n) is 6.71. The molecule has 132 valence electrons. The van der Waals surface area contributed by atoms with E-state index in [1.165, 1.54) is 0 Å². The summed E-state index contributed by atoms with van der Waals surface area (Å²) in [6.45, 7) is 3.81. The van der Waals surface area contributed by atoms with Crippen LogP contribution >= 0.6 is 0 Å². The van der Waals surface area contributed by atoms with E-state index in [0.717, 1.165) is 17.8 Å². The van der Waals surface area contributed by atoms with Crippen LogP contribution in [0.1, 0.15) is 27.7 Å². The number of hydrogen-bond acceptors (Lipinski definition) is 4. The summed E-state index contributed by atoms with van der Waals surface area (Å²) in [5.74, 6) is 0.00779. The topological polar surface area (TPSA) is 45.7 Å². The van der Waals surface area contributed by atoms with Gasteiger partial charge in [0.25, 0.3) is 5.91 Å². The number of likely N-dealkylation sites (N-methyl/N-ethyl adjacent to an activating group) is 1. The van der Waals surface area contributed by atoms with Gasteiger partial charge in [-0.05, 0) is 38.7 Å². The fraction of sp³-hybridized carbons (Fsp3) is 0.400. The van der Waals surface area contributed by atoms with E-state index in [0.29, 0.717) is 18.7 Å². The molecular weight excluding hydrogens is 314 g/mol. The lowest BCUT2D eigenvalue weighted by Gasteiger charge is -2.42. The van der Waals surface area contributed by atoms with Gasteiger partial charge in [0.2, 0.25) is 0 Å². The number of aromatic nitrogens is 1. The van der Waals surface area contributed by atoms with Gasteiger partial charge >= 0.3 is 0 Å². The lowest BCUT2D eigenvalue weighted by atomic mass is 9.96. The van der Waals surface area contributed by atoms with Crippen LogP contribution in [0.25, 0.3) is 0 Å². The number of carbonyl (C=O) groups is 1. The maximum Gasteiger partial charge on any atom is 0.256 e. The van der Waals surface area contributed by atoms with Gasteiger partial charge in [0.05, 0.1) is 24.3 Å². The minimum absolute atomic E-state index is 0.00779. The average Bonchev–Trinajstić information content (AvgIpc) is 2.62. The molecule has 5 nitrogen and oxygen atoms in total. The van der Waals surface area contributed by atoms with Crippen molar-refractivity contribution >= 4 is 5.91 Å². The first-order valence-corrected chi connectivity index (χ1v) is 8.61. The van der Waals surface area contributed by atoms with E-state index in [1.54, 1.807) is 6.20 Å². The van der Waals surface area contributed by atoms with E-state index >= 15 is 0 Å². The zero-order valence-corrected chi connectivity index (χ0v) is 15.1. The third kappa shape index (κ3) is 4.06. The van der Waals surface area contributed by atoms with Gasteiger partial charge in [-0.1, -0.05) is 30.3 Å². The lowest BCUT2D eigenvalue weighted by Crippen LogP contribution is -2.51. The zero-order valence-electron chi connectivity index (χ0n) is 15.1. The molecule has 0 saturated carbocycles. The van der Waals surface area contributed by atoms with Crippen LogP contribution in [0.4, 0.5) is 0 Å². The summed E-state index contributed by atoms with van der Waals surface area (Å²) in [4.78, 5) is 21.4. The molecule has 1 fully saturated rings. The molecule has 1 aliphatic heterocycles. The van der Waals surface area contributed by atoms with Crippen molar-refractivity contribution in [2.75, 3.05) is 33.8 Å². The van der Waals surface area contributed by atoms with Crippen molar-refractivity contribution in [3.05, 3.63) is 65.5 Å². The molecular formula is C20H25N3O2. The predicted molar refractivity (Wildman–Crippen MR) is 97.5 cm³/mol. The van der Waals surface area contributed by atoms with Crippen molar-refractivity contribution in [1.29, 1.82) is 0 Å². The van der Waals surface area contributed by atoms with Gasteiger partial charge in [-0.3, -0.25) is 9.78 Å². The van der Waals surface area contributed by atoms with Crippen molar-refractivity contribution in [3.8, 4) is 0 Å². The SMILES string of the molecule is Cc1ccc(C(=O)N2CCO[C@@H](CN(C)C)[C@@H]2c2ccccc2)cn1. The minimum atomic E-state index is -0.105. The average molecular weight is 339 g/mol. The first-order valence-electron chi connectivity index (χ1n) is 8.61. The quantitative estimate of drug-likeness (QED) is 0.859. The number of ether oxygens (including phenoxy) is 1. The highest BCUT2D eigenvalue weighted by Crippen LogP contribution is 2.31. The van der Waals surface area contributed by atoms with Crippen LogP contribution in [0.3, 0.4) is 0 Å². The Bertz CT molecular complexity index is 701. The molecule has 25 heavy (non-hydrogen) atoms. The van der Waals surface area contributed by atoms with Crippen molar-refractivity contribution in [2.24, 2.45) is 0 Å². The van der Waals surface area contributed by atoms with E-state index in [4.69, 9.17) is 4.74 Å². The molecule has 0 unspecified atom stereocenters. The number of benzene rings is 1. The number of amides is 1. The molecule has 5 heteroatoms. The zero-order chi connectivity index (χ0) is 17.8. The monoisotopic (exact) mass is 339 g/mol. The lowest BCUT2D eigenvalue weighted by molar-refractivity contribution is -0.0684. The summed E-state index contributed by atoms with van der Waals surface area (Å²) in [6.07, 6.45) is 1.60. The molecule has 2 aromatic rings. The first-order chi connectivity index (χ1) is 12.1. The first kappa shape index (κ1) is 17.6. The number of pyridine rings is 1. The van der Waals surface area contributed by atoms with Gasteiger partial charge in [0.15, 0.2) is 0 Å². The Hall–Kier alpha value is -2.24. The molecule has 3 rings (SSSR count). The fourth-order valence-corrected chi connectivity index (χ4v) is 3.28. The normalized spacial score (nSPS) is 20.7. The molecule has 0 spiro atoms. The Kier molecular flexibility index (Phi) is 5.46. The smallest absolute Gasteiger partial charge is 0.256 e. The number of nitrogens with zero attached hydrogens (tertiary/aromatic N) is 3. The highest BCUT2D eigenvalue weighted by Gasteiger charge is 2.36. The summed E-state index contributed by atoms with van der Waals surface area (Å²) in [5, 5.41) is 0. The maximum atomic E-state index is 13.1. The molecule has 0 N–H and O–H groups in total. The van der Waals surface area contributed by atoms with Crippen LogP contribution in [0, 0.1) is 6.92 Å². The number of carbonyl (C=O) groups excluding carboxylic acids is 1. The number of rotatable bonds is 4. The maximum absolute atomic E-state index is 13.1. The number of aryl methyl sites for hydroxylation is 1. The molecule has 1 saturated heterocycles. The third-order valence-electron chi connectivity index (χ3n) is 4.46. The fourth-order valence-electron chi connectivity index (χ4n) is 3.28. The Morgan fingerprint density at radius 2 is 2.00 bits per heavy atom. The molecule has 1 aromatic heterocycles. The van der Waals surface area contributed by atoms with Crippen LogP contribution in [0.2, 0.25) is 0 Å². The predicted octanol–water partition coefficient (Wildman–Crippen LogP) is 2.53. The van der Waals surface area contributed by atoms with Crippen molar-refractivity contribution in [3.63, 3.8) is 0 Å². The van der Waals surface area contributed by atoms with Crippen molar-refractivity contribution in [1.82, 2.24) is 14.8 Å². The van der Waals surface area contributed by atoms with Crippen LogP contribution in [0.5, 0.6) is 0 Å². The minimum Gasteiger partial charge on any atom is -0.373 e. The Labute approximate surface area is 149 Å². The van der Waals surface area contributed by atoms with Crippen LogP contribution in [0.15, 0.2) is 48.7 Å². The summed E-state index contributed by atoms with van der Waals surface area (Å²) in [5.41, 5.74) is 2.63. The molecule has 0 aliphatic carbocycles. The van der Waals surface area contributed by atoms with Gasteiger partial charge in [-0.25, -0.2) is 0 Å². The molecule has 0 bridgehead atoms. The largest absolute Gasteiger partial charge is 0.373 e. The highest BCUT2D eigenvalue weighted by atomic mass is 16.5. The molecule has 2 heterocycles. The van der Waals surface area contributed by atoms with Gasteiger partial charge in [0.1, 0.15) is 0 Å². The summed E-state index contributed by atoms with van der Waals surface area (Å²) >= 11 is 0. The summed E-state index contributed by atoms with van der Waals surface area (Å²) < 4.78 is 6.04. The van der Waals surface area contributed by atoms with Crippen molar-refractivity contribution in [2.45, 2.75) is 19.1 Å². The second kappa shape index (κ2) is 7.76. The van der Waals surface area contributed by atoms with E-state index in [9.17, 15) is 4.79 Å². The summed E-state index contributed by atoms with van der Waals surface area (Å²) in [6, 6.07) is 13.8. The Morgan fingerprint density at radius 3 is 2.64 bits per heavy atom. The molecule has 1 amide bonds. The van der Waals surface area contributed by atoms with Crippen LogP contribution in [-0.4, -0.2) is 60.6 Å². The Balaban J connectivity index is 1.94. The summed E-state index contributed by atoms with van der Waals surface area (Å²) in [7, 11) is 4.05. The van der Waals surface area contributed by atoms with E-state index < -0.39 is 0 Å². The molecule has 2 atom stereocenters. The van der Waals surface area contributed by atoms with Crippen molar-refractivity contribution < 1.29 is 9.53 Å². The highest BCUT2D eigenvalue weighted by molar-refractivity contribution is 5.94. The number of hydrogen-bond donors (Lipinski definition) is 0. The van der Waals surface area contributed by atoms with Gasteiger partial charge in [-0.2, -0.15) is 0 Å². The van der Waals surface area contributed by atoms with E-state index in [-0.39, 0.29) is 18.1 Å². The second-order valence-corrected chi connectivity index (χ2v) is 6.71. The molecule has 1 aliphatic rings. The van der Waals surface area contributed by atoms with Gasteiger partial charge in [0, 0.05) is 25.0 Å². The van der Waals surface area contributed by atoms with E-state index in [1.807, 2.05) is 56.3 Å². The van der Waals surface area contributed by atoms with Gasteiger partial charge < -0.3 is 14.5 Å². The molecule has 0 radical (unpaired) electrons. The third-order valence-corrected chi connectivity index (χ3v) is 4.46.